The van der Waals surface area contributed by atoms with Crippen LogP contribution < -0.4 is 20.3 Å². The third-order valence-electron chi connectivity index (χ3n) is 5.46. The monoisotopic (exact) mass is 429 g/mol. The average molecular weight is 430 g/mol. The van der Waals surface area contributed by atoms with E-state index in [-0.39, 0.29) is 30.4 Å². The third-order valence-corrected chi connectivity index (χ3v) is 5.46. The quantitative estimate of drug-likeness (QED) is 0.589. The molecule has 1 aliphatic heterocycles. The van der Waals surface area contributed by atoms with Crippen molar-refractivity contribution in [2.24, 2.45) is 0 Å². The van der Waals surface area contributed by atoms with E-state index in [2.05, 4.69) is 10.6 Å². The second-order valence-corrected chi connectivity index (χ2v) is 7.70. The van der Waals surface area contributed by atoms with Gasteiger partial charge in [0, 0.05) is 18.7 Å². The lowest BCUT2D eigenvalue weighted by molar-refractivity contribution is -0.117. The number of urea groups is 1. The number of carbonyl (C=O) groups excluding carboxylic acids is 2. The van der Waals surface area contributed by atoms with Crippen LogP contribution in [-0.4, -0.2) is 31.1 Å². The van der Waals surface area contributed by atoms with E-state index in [9.17, 15) is 9.59 Å². The number of anilines is 1. The molecule has 1 heterocycles. The molecule has 0 radical (unpaired) electrons. The molecule has 0 aromatic heterocycles. The maximum atomic E-state index is 12.9. The fraction of sp³-hybridized carbons (Fsp3) is 0.231. The molecule has 1 atom stereocenters. The summed E-state index contributed by atoms with van der Waals surface area (Å²) < 4.78 is 5.47. The number of benzene rings is 3. The first-order valence-corrected chi connectivity index (χ1v) is 10.8. The van der Waals surface area contributed by atoms with Crippen molar-refractivity contribution in [3.63, 3.8) is 0 Å². The molecule has 6 nitrogen and oxygen atoms in total. The van der Waals surface area contributed by atoms with Gasteiger partial charge in [-0.1, -0.05) is 60.7 Å². The Hall–Kier alpha value is -3.80. The van der Waals surface area contributed by atoms with Crippen LogP contribution in [0.1, 0.15) is 30.5 Å². The summed E-state index contributed by atoms with van der Waals surface area (Å²) in [5.41, 5.74) is 2.79. The molecule has 4 rings (SSSR count). The van der Waals surface area contributed by atoms with E-state index in [0.717, 1.165) is 22.6 Å². The van der Waals surface area contributed by atoms with E-state index in [1.165, 1.54) is 0 Å². The molecule has 1 fully saturated rings. The summed E-state index contributed by atoms with van der Waals surface area (Å²) in [7, 11) is 0. The first kappa shape index (κ1) is 21.4. The summed E-state index contributed by atoms with van der Waals surface area (Å²) in [6.45, 7) is 2.96. The molecular formula is C26H27N3O3. The fourth-order valence-corrected chi connectivity index (χ4v) is 3.95. The van der Waals surface area contributed by atoms with Crippen LogP contribution in [-0.2, 0) is 4.79 Å². The van der Waals surface area contributed by atoms with E-state index in [0.29, 0.717) is 13.2 Å². The lowest BCUT2D eigenvalue weighted by atomic mass is 9.99. The zero-order valence-corrected chi connectivity index (χ0v) is 18.0. The van der Waals surface area contributed by atoms with Gasteiger partial charge in [0.05, 0.1) is 18.7 Å². The molecule has 0 aliphatic carbocycles. The number of hydrogen-bond donors (Lipinski definition) is 2. The molecule has 6 heteroatoms. The molecule has 3 amide bonds. The number of nitrogens with one attached hydrogen (secondary N) is 2. The van der Waals surface area contributed by atoms with Gasteiger partial charge < -0.3 is 20.3 Å². The lowest BCUT2D eigenvalue weighted by Gasteiger charge is -2.22. The minimum absolute atomic E-state index is 0.0119. The summed E-state index contributed by atoms with van der Waals surface area (Å²) in [6.07, 6.45) is 0.266. The molecule has 1 saturated heterocycles. The first-order chi connectivity index (χ1) is 15.6. The van der Waals surface area contributed by atoms with Gasteiger partial charge in [-0.2, -0.15) is 0 Å². The van der Waals surface area contributed by atoms with Crippen molar-refractivity contribution < 1.29 is 14.3 Å². The van der Waals surface area contributed by atoms with Crippen LogP contribution in [0.2, 0.25) is 0 Å². The Morgan fingerprint density at radius 2 is 1.56 bits per heavy atom. The first-order valence-electron chi connectivity index (χ1n) is 10.8. The average Bonchev–Trinajstić information content (AvgIpc) is 3.19. The summed E-state index contributed by atoms with van der Waals surface area (Å²) >= 11 is 0. The SMILES string of the molecule is CCOc1ccc(N2CC(NC(=O)NC(c3ccccc3)c3ccccc3)CC2=O)cc1. The predicted molar refractivity (Wildman–Crippen MR) is 125 cm³/mol. The molecule has 0 bridgehead atoms. The van der Waals surface area contributed by atoms with Crippen LogP contribution in [0.4, 0.5) is 10.5 Å². The van der Waals surface area contributed by atoms with Gasteiger partial charge in [-0.15, -0.1) is 0 Å². The minimum Gasteiger partial charge on any atom is -0.494 e. The van der Waals surface area contributed by atoms with Crippen LogP contribution >= 0.6 is 0 Å². The number of nitrogens with zero attached hydrogens (tertiary/aromatic N) is 1. The molecule has 2 N–H and O–H groups in total. The zero-order valence-electron chi connectivity index (χ0n) is 18.0. The number of hydrogen-bond acceptors (Lipinski definition) is 3. The number of rotatable bonds is 7. The van der Waals surface area contributed by atoms with Gasteiger partial charge in [0.25, 0.3) is 0 Å². The Bertz CT molecular complexity index is 999. The Balaban J connectivity index is 1.41. The Labute approximate surface area is 188 Å². The van der Waals surface area contributed by atoms with E-state index in [1.54, 1.807) is 4.90 Å². The molecule has 3 aromatic rings. The Morgan fingerprint density at radius 3 is 2.12 bits per heavy atom. The lowest BCUT2D eigenvalue weighted by Crippen LogP contribution is -2.44. The van der Waals surface area contributed by atoms with Crippen molar-refractivity contribution in [1.82, 2.24) is 10.6 Å². The summed E-state index contributed by atoms with van der Waals surface area (Å²) in [5, 5.41) is 6.04. The smallest absolute Gasteiger partial charge is 0.315 e. The van der Waals surface area contributed by atoms with Crippen molar-refractivity contribution in [2.45, 2.75) is 25.4 Å². The second-order valence-electron chi connectivity index (χ2n) is 7.70. The van der Waals surface area contributed by atoms with E-state index in [1.807, 2.05) is 91.9 Å². The summed E-state index contributed by atoms with van der Waals surface area (Å²) in [4.78, 5) is 27.1. The highest BCUT2D eigenvalue weighted by Gasteiger charge is 2.32. The molecule has 0 spiro atoms. The highest BCUT2D eigenvalue weighted by molar-refractivity contribution is 5.96. The molecule has 3 aromatic carbocycles. The summed E-state index contributed by atoms with van der Waals surface area (Å²) in [6, 6.07) is 26.3. The van der Waals surface area contributed by atoms with Crippen molar-refractivity contribution in [2.75, 3.05) is 18.1 Å². The van der Waals surface area contributed by atoms with Gasteiger partial charge in [-0.05, 0) is 42.3 Å². The molecular weight excluding hydrogens is 402 g/mol. The second kappa shape index (κ2) is 10.0. The van der Waals surface area contributed by atoms with Gasteiger partial charge >= 0.3 is 6.03 Å². The van der Waals surface area contributed by atoms with Gasteiger partial charge in [0.15, 0.2) is 0 Å². The van der Waals surface area contributed by atoms with Gasteiger partial charge in [0.1, 0.15) is 5.75 Å². The standard InChI is InChI=1S/C26H27N3O3/c1-2-32-23-15-13-22(14-16-23)29-18-21(17-24(29)30)27-26(31)28-25(19-9-5-3-6-10-19)20-11-7-4-8-12-20/h3-16,21,25H,2,17-18H2,1H3,(H2,27,28,31). The van der Waals surface area contributed by atoms with Crippen molar-refractivity contribution in [1.29, 1.82) is 0 Å². The molecule has 1 unspecified atom stereocenters. The van der Waals surface area contributed by atoms with Crippen LogP contribution in [0.5, 0.6) is 5.75 Å². The summed E-state index contributed by atoms with van der Waals surface area (Å²) in [5.74, 6) is 0.756. The molecule has 164 valence electrons. The third kappa shape index (κ3) is 5.09. The maximum absolute atomic E-state index is 12.9. The topological polar surface area (TPSA) is 70.7 Å². The van der Waals surface area contributed by atoms with E-state index >= 15 is 0 Å². The molecule has 1 aliphatic rings. The number of amides is 3. The van der Waals surface area contributed by atoms with E-state index in [4.69, 9.17) is 4.74 Å². The Morgan fingerprint density at radius 1 is 0.969 bits per heavy atom. The molecule has 32 heavy (non-hydrogen) atoms. The number of ether oxygens (including phenoxy) is 1. The number of carbonyl (C=O) groups is 2. The predicted octanol–water partition coefficient (Wildman–Crippen LogP) is 4.28. The highest BCUT2D eigenvalue weighted by Crippen LogP contribution is 2.25. The van der Waals surface area contributed by atoms with Crippen molar-refractivity contribution in [3.05, 3.63) is 96.1 Å². The van der Waals surface area contributed by atoms with Gasteiger partial charge in [-0.25, -0.2) is 4.79 Å². The van der Waals surface area contributed by atoms with Gasteiger partial charge in [-0.3, -0.25) is 4.79 Å². The van der Waals surface area contributed by atoms with Crippen molar-refractivity contribution in [3.8, 4) is 5.75 Å². The molecule has 0 saturated carbocycles. The van der Waals surface area contributed by atoms with Crippen molar-refractivity contribution >= 4 is 17.6 Å². The van der Waals surface area contributed by atoms with Crippen LogP contribution in [0, 0.1) is 0 Å². The minimum atomic E-state index is -0.297. The normalized spacial score (nSPS) is 15.6. The van der Waals surface area contributed by atoms with Crippen LogP contribution in [0.25, 0.3) is 0 Å². The Kier molecular flexibility index (Phi) is 6.70. The van der Waals surface area contributed by atoms with E-state index < -0.39 is 0 Å². The van der Waals surface area contributed by atoms with Gasteiger partial charge in [0.2, 0.25) is 5.91 Å². The fourth-order valence-electron chi connectivity index (χ4n) is 3.95. The largest absolute Gasteiger partial charge is 0.494 e. The highest BCUT2D eigenvalue weighted by atomic mass is 16.5. The van der Waals surface area contributed by atoms with Crippen LogP contribution in [0.3, 0.4) is 0 Å². The zero-order chi connectivity index (χ0) is 22.3. The van der Waals surface area contributed by atoms with Crippen LogP contribution in [0.15, 0.2) is 84.9 Å². The maximum Gasteiger partial charge on any atom is 0.315 e.